The summed E-state index contributed by atoms with van der Waals surface area (Å²) in [5, 5.41) is 19.8. The van der Waals surface area contributed by atoms with Gasteiger partial charge in [0.25, 0.3) is 0 Å². The molecule has 24 heavy (non-hydrogen) atoms. The Bertz CT molecular complexity index is 841. The van der Waals surface area contributed by atoms with E-state index in [0.717, 1.165) is 17.6 Å². The van der Waals surface area contributed by atoms with Gasteiger partial charge in [0.05, 0.1) is 29.2 Å². The molecule has 0 aliphatic rings. The fraction of sp³-hybridized carbons (Fsp3) is 0.235. The minimum atomic E-state index is -4.41. The smallest absolute Gasteiger partial charge is 0.388 e. The van der Waals surface area contributed by atoms with Gasteiger partial charge in [0.15, 0.2) is 0 Å². The van der Waals surface area contributed by atoms with Crippen molar-refractivity contribution in [3.8, 4) is 0 Å². The normalized spacial score (nSPS) is 13.4. The first-order valence-electron chi connectivity index (χ1n) is 7.30. The van der Waals surface area contributed by atoms with Crippen LogP contribution in [0.3, 0.4) is 0 Å². The first-order valence-corrected chi connectivity index (χ1v) is 7.30. The van der Waals surface area contributed by atoms with E-state index in [0.29, 0.717) is 16.9 Å². The number of hydrogen-bond donors (Lipinski definition) is 2. The Balaban J connectivity index is 1.88. The summed E-state index contributed by atoms with van der Waals surface area (Å²) in [6.07, 6.45) is -5.43. The van der Waals surface area contributed by atoms with Crippen LogP contribution in [0, 0.1) is 0 Å². The lowest BCUT2D eigenvalue weighted by molar-refractivity contribution is -0.137. The van der Waals surface area contributed by atoms with Crippen molar-refractivity contribution < 1.29 is 23.4 Å². The molecule has 0 saturated heterocycles. The minimum absolute atomic E-state index is 0.0851. The molecule has 3 aromatic rings. The van der Waals surface area contributed by atoms with E-state index in [4.69, 9.17) is 0 Å². The molecule has 0 saturated carbocycles. The number of halogens is 3. The van der Waals surface area contributed by atoms with Crippen LogP contribution in [0.25, 0.3) is 11.0 Å². The lowest BCUT2D eigenvalue weighted by Gasteiger charge is -2.15. The molecule has 0 aliphatic carbocycles. The van der Waals surface area contributed by atoms with Gasteiger partial charge < -0.3 is 14.8 Å². The molecule has 4 nitrogen and oxygen atoms in total. The maximum Gasteiger partial charge on any atom is 0.416 e. The van der Waals surface area contributed by atoms with E-state index < -0.39 is 17.8 Å². The Labute approximate surface area is 135 Å². The van der Waals surface area contributed by atoms with Gasteiger partial charge in [-0.1, -0.05) is 24.3 Å². The Morgan fingerprint density at radius 3 is 2.33 bits per heavy atom. The number of hydrogen-bond acceptors (Lipinski definition) is 3. The highest BCUT2D eigenvalue weighted by molar-refractivity contribution is 5.75. The molecule has 0 radical (unpaired) electrons. The van der Waals surface area contributed by atoms with Crippen LogP contribution < -0.4 is 0 Å². The van der Waals surface area contributed by atoms with Crippen LogP contribution in [0.15, 0.2) is 48.5 Å². The molecule has 1 atom stereocenters. The highest BCUT2D eigenvalue weighted by Gasteiger charge is 2.30. The van der Waals surface area contributed by atoms with Gasteiger partial charge in [-0.25, -0.2) is 4.98 Å². The Morgan fingerprint density at radius 1 is 1.04 bits per heavy atom. The molecule has 2 N–H and O–H groups in total. The van der Waals surface area contributed by atoms with Gasteiger partial charge in [-0.3, -0.25) is 0 Å². The van der Waals surface area contributed by atoms with E-state index in [2.05, 4.69) is 4.98 Å². The molecule has 0 spiro atoms. The Kier molecular flexibility index (Phi) is 4.29. The van der Waals surface area contributed by atoms with Crippen molar-refractivity contribution in [2.45, 2.75) is 25.4 Å². The van der Waals surface area contributed by atoms with E-state index in [9.17, 15) is 23.4 Å². The summed E-state index contributed by atoms with van der Waals surface area (Å²) in [6.45, 7) is -0.212. The maximum absolute atomic E-state index is 12.6. The van der Waals surface area contributed by atoms with Crippen molar-refractivity contribution in [2.75, 3.05) is 0 Å². The zero-order chi connectivity index (χ0) is 17.3. The molecule has 0 unspecified atom stereocenters. The Hall–Kier alpha value is -2.38. The van der Waals surface area contributed by atoms with E-state index >= 15 is 0 Å². The molecule has 0 bridgehead atoms. The number of nitrogens with zero attached hydrogens (tertiary/aromatic N) is 2. The van der Waals surface area contributed by atoms with Gasteiger partial charge in [-0.15, -0.1) is 0 Å². The third-order valence-corrected chi connectivity index (χ3v) is 3.85. The molecule has 0 amide bonds. The van der Waals surface area contributed by atoms with Crippen molar-refractivity contribution in [1.82, 2.24) is 9.55 Å². The predicted octanol–water partition coefficient (Wildman–Crippen LogP) is 3.28. The quantitative estimate of drug-likeness (QED) is 0.769. The van der Waals surface area contributed by atoms with Crippen molar-refractivity contribution in [2.24, 2.45) is 0 Å². The fourth-order valence-corrected chi connectivity index (χ4v) is 2.62. The summed E-state index contributed by atoms with van der Waals surface area (Å²) in [5.74, 6) is 0.391. The second-order valence-corrected chi connectivity index (χ2v) is 5.42. The third-order valence-electron chi connectivity index (χ3n) is 3.85. The average Bonchev–Trinajstić information content (AvgIpc) is 2.92. The first-order chi connectivity index (χ1) is 11.4. The fourth-order valence-electron chi connectivity index (χ4n) is 2.62. The zero-order valence-electron chi connectivity index (χ0n) is 12.5. The molecule has 0 aliphatic heterocycles. The average molecular weight is 336 g/mol. The number of rotatable bonds is 4. The second-order valence-electron chi connectivity index (χ2n) is 5.42. The van der Waals surface area contributed by atoms with Crippen LogP contribution >= 0.6 is 0 Å². The summed E-state index contributed by atoms with van der Waals surface area (Å²) < 4.78 is 39.5. The van der Waals surface area contributed by atoms with E-state index in [-0.39, 0.29) is 13.2 Å². The third kappa shape index (κ3) is 3.13. The van der Waals surface area contributed by atoms with Gasteiger partial charge in [0.1, 0.15) is 12.4 Å². The van der Waals surface area contributed by atoms with E-state index in [1.54, 1.807) is 16.7 Å². The number of aliphatic hydroxyl groups excluding tert-OH is 2. The van der Waals surface area contributed by atoms with Crippen molar-refractivity contribution in [3.05, 3.63) is 65.5 Å². The molecule has 1 aromatic heterocycles. The minimum Gasteiger partial charge on any atom is -0.388 e. The molecule has 2 aromatic carbocycles. The van der Waals surface area contributed by atoms with Crippen LogP contribution in [0.1, 0.15) is 23.1 Å². The largest absolute Gasteiger partial charge is 0.416 e. The first kappa shape index (κ1) is 16.5. The number of aromatic nitrogens is 2. The van der Waals surface area contributed by atoms with Gasteiger partial charge in [-0.2, -0.15) is 13.2 Å². The molecule has 7 heteroatoms. The van der Waals surface area contributed by atoms with Crippen LogP contribution in [0.5, 0.6) is 0 Å². The summed E-state index contributed by atoms with van der Waals surface area (Å²) >= 11 is 0. The number of fused-ring (bicyclic) bond motifs is 1. The van der Waals surface area contributed by atoms with Gasteiger partial charge in [0, 0.05) is 0 Å². The molecule has 1 heterocycles. The van der Waals surface area contributed by atoms with Crippen molar-refractivity contribution in [3.63, 3.8) is 0 Å². The second kappa shape index (κ2) is 6.26. The summed E-state index contributed by atoms with van der Waals surface area (Å²) in [5.41, 5.74) is 1.03. The molecule has 0 fully saturated rings. The topological polar surface area (TPSA) is 58.3 Å². The lowest BCUT2D eigenvalue weighted by Crippen LogP contribution is -2.12. The highest BCUT2D eigenvalue weighted by atomic mass is 19.4. The van der Waals surface area contributed by atoms with Gasteiger partial charge in [0.2, 0.25) is 0 Å². The van der Waals surface area contributed by atoms with Crippen LogP contribution in [-0.2, 0) is 19.3 Å². The van der Waals surface area contributed by atoms with Gasteiger partial charge >= 0.3 is 6.18 Å². The Morgan fingerprint density at radius 2 is 1.71 bits per heavy atom. The molecule has 3 rings (SSSR count). The number of para-hydroxylation sites is 2. The number of benzene rings is 2. The number of aliphatic hydroxyl groups is 2. The van der Waals surface area contributed by atoms with Crippen LogP contribution in [0.4, 0.5) is 13.2 Å². The lowest BCUT2D eigenvalue weighted by atomic mass is 10.1. The number of alkyl halides is 3. The summed E-state index contributed by atoms with van der Waals surface area (Å²) in [6, 6.07) is 11.6. The highest BCUT2D eigenvalue weighted by Crippen LogP contribution is 2.30. The standard InChI is InChI=1S/C17H15F3N2O2/c18-17(19,20)12-7-5-11(6-8-12)15(24)9-22-14-4-2-1-3-13(14)21-16(22)10-23/h1-8,15,23-24H,9-10H2/t15-/m0/s1. The van der Waals surface area contributed by atoms with Crippen molar-refractivity contribution >= 4 is 11.0 Å². The maximum atomic E-state index is 12.6. The SMILES string of the molecule is OCc1nc2ccccc2n1C[C@H](O)c1ccc(C(F)(F)F)cc1. The zero-order valence-corrected chi connectivity index (χ0v) is 12.5. The molecular formula is C17H15F3N2O2. The molecule has 126 valence electrons. The summed E-state index contributed by atoms with van der Waals surface area (Å²) in [4.78, 5) is 4.28. The summed E-state index contributed by atoms with van der Waals surface area (Å²) in [7, 11) is 0. The van der Waals surface area contributed by atoms with Crippen molar-refractivity contribution in [1.29, 1.82) is 0 Å². The van der Waals surface area contributed by atoms with Crippen LogP contribution in [-0.4, -0.2) is 19.8 Å². The predicted molar refractivity (Wildman–Crippen MR) is 82.1 cm³/mol. The monoisotopic (exact) mass is 336 g/mol. The molecular weight excluding hydrogens is 321 g/mol. The van der Waals surface area contributed by atoms with E-state index in [1.807, 2.05) is 12.1 Å². The van der Waals surface area contributed by atoms with Gasteiger partial charge in [-0.05, 0) is 29.8 Å². The number of imidazole rings is 1. The van der Waals surface area contributed by atoms with Crippen LogP contribution in [0.2, 0.25) is 0 Å². The van der Waals surface area contributed by atoms with E-state index in [1.165, 1.54) is 12.1 Å².